The Morgan fingerprint density at radius 3 is 2.31 bits per heavy atom. The Morgan fingerprint density at radius 1 is 1.00 bits per heavy atom. The van der Waals surface area contributed by atoms with Crippen molar-refractivity contribution >= 4 is 60.3 Å². The number of morpholine rings is 1. The lowest BCUT2D eigenvalue weighted by molar-refractivity contribution is 0.0730. The Labute approximate surface area is 212 Å². The average Bonchev–Trinajstić information content (AvgIpc) is 3.28. The Kier molecular flexibility index (Phi) is 7.50. The summed E-state index contributed by atoms with van der Waals surface area (Å²) in [5.41, 5.74) is 0.405. The molecule has 35 heavy (non-hydrogen) atoms. The number of rotatable bonds is 7. The Balaban J connectivity index is 1.53. The number of thiophene rings is 1. The SMILES string of the molecule is Cc1ccc(S(=O)(=O)Nc2ccc(Cl)cc2C(=O)Nc2ccc(S(=O)(=O)N3CCOCC3)cc2)s1. The van der Waals surface area contributed by atoms with Gasteiger partial charge in [0.15, 0.2) is 0 Å². The summed E-state index contributed by atoms with van der Waals surface area (Å²) in [6.07, 6.45) is 0. The summed E-state index contributed by atoms with van der Waals surface area (Å²) in [7, 11) is -7.57. The van der Waals surface area contributed by atoms with Gasteiger partial charge in [-0.15, -0.1) is 11.3 Å². The molecule has 2 heterocycles. The molecular weight excluding hydrogens is 534 g/mol. The van der Waals surface area contributed by atoms with Gasteiger partial charge in [0.2, 0.25) is 10.0 Å². The fourth-order valence-corrected chi connectivity index (χ4v) is 7.33. The van der Waals surface area contributed by atoms with Crippen molar-refractivity contribution in [1.29, 1.82) is 0 Å². The molecular formula is C22H22ClN3O6S3. The zero-order chi connectivity index (χ0) is 25.2. The number of hydrogen-bond acceptors (Lipinski definition) is 7. The highest BCUT2D eigenvalue weighted by atomic mass is 35.5. The summed E-state index contributed by atoms with van der Waals surface area (Å²) >= 11 is 7.18. The number of carbonyl (C=O) groups excluding carboxylic acids is 1. The molecule has 1 fully saturated rings. The summed E-state index contributed by atoms with van der Waals surface area (Å²) in [6.45, 7) is 3.03. The van der Waals surface area contributed by atoms with Crippen LogP contribution in [0, 0.1) is 6.92 Å². The van der Waals surface area contributed by atoms with E-state index in [4.69, 9.17) is 16.3 Å². The monoisotopic (exact) mass is 555 g/mol. The van der Waals surface area contributed by atoms with Crippen LogP contribution in [0.3, 0.4) is 0 Å². The number of aryl methyl sites for hydroxylation is 1. The van der Waals surface area contributed by atoms with Crippen molar-refractivity contribution in [2.45, 2.75) is 16.0 Å². The maximum Gasteiger partial charge on any atom is 0.271 e. The van der Waals surface area contributed by atoms with E-state index in [2.05, 4.69) is 10.0 Å². The van der Waals surface area contributed by atoms with Gasteiger partial charge in [-0.2, -0.15) is 4.31 Å². The highest BCUT2D eigenvalue weighted by molar-refractivity contribution is 7.94. The summed E-state index contributed by atoms with van der Waals surface area (Å²) in [4.78, 5) is 13.9. The van der Waals surface area contributed by atoms with Crippen molar-refractivity contribution in [2.24, 2.45) is 0 Å². The number of ether oxygens (including phenoxy) is 1. The molecule has 1 aliphatic heterocycles. The highest BCUT2D eigenvalue weighted by Gasteiger charge is 2.26. The minimum Gasteiger partial charge on any atom is -0.379 e. The van der Waals surface area contributed by atoms with Crippen molar-refractivity contribution in [3.8, 4) is 0 Å². The fourth-order valence-electron chi connectivity index (χ4n) is 3.39. The zero-order valence-corrected chi connectivity index (χ0v) is 21.7. The molecule has 4 rings (SSSR count). The number of sulfonamides is 2. The first kappa shape index (κ1) is 25.6. The van der Waals surface area contributed by atoms with Crippen molar-refractivity contribution in [1.82, 2.24) is 4.31 Å². The lowest BCUT2D eigenvalue weighted by Crippen LogP contribution is -2.40. The van der Waals surface area contributed by atoms with Crippen LogP contribution in [0.1, 0.15) is 15.2 Å². The molecule has 0 unspecified atom stereocenters. The molecule has 9 nitrogen and oxygen atoms in total. The topological polar surface area (TPSA) is 122 Å². The van der Waals surface area contributed by atoms with E-state index in [1.54, 1.807) is 13.0 Å². The number of halogens is 1. The van der Waals surface area contributed by atoms with Gasteiger partial charge in [-0.05, 0) is 61.5 Å². The summed E-state index contributed by atoms with van der Waals surface area (Å²) in [6, 6.07) is 13.2. The molecule has 0 bridgehead atoms. The van der Waals surface area contributed by atoms with Crippen molar-refractivity contribution in [3.63, 3.8) is 0 Å². The van der Waals surface area contributed by atoms with E-state index < -0.39 is 26.0 Å². The molecule has 1 amide bonds. The standard InChI is InChI=1S/C22H22ClN3O6S3/c1-15-2-9-21(33-15)34(28,29)25-20-8-3-16(23)14-19(20)22(27)24-17-4-6-18(7-5-17)35(30,31)26-10-12-32-13-11-26/h2-9,14,25H,10-13H2,1H3,(H,24,27). The highest BCUT2D eigenvalue weighted by Crippen LogP contribution is 2.28. The van der Waals surface area contributed by atoms with Gasteiger partial charge in [-0.1, -0.05) is 11.6 Å². The van der Waals surface area contributed by atoms with E-state index in [1.807, 2.05) is 0 Å². The summed E-state index contributed by atoms with van der Waals surface area (Å²) in [5, 5.41) is 2.90. The number of nitrogens with zero attached hydrogens (tertiary/aromatic N) is 1. The van der Waals surface area contributed by atoms with Crippen molar-refractivity contribution in [3.05, 3.63) is 70.1 Å². The fraction of sp³-hybridized carbons (Fsp3) is 0.227. The molecule has 13 heteroatoms. The van der Waals surface area contributed by atoms with Gasteiger partial charge < -0.3 is 10.1 Å². The number of benzene rings is 2. The van der Waals surface area contributed by atoms with E-state index in [1.165, 1.54) is 52.8 Å². The molecule has 1 saturated heterocycles. The first-order chi connectivity index (χ1) is 16.6. The van der Waals surface area contributed by atoms with E-state index in [0.717, 1.165) is 16.2 Å². The van der Waals surface area contributed by atoms with Crippen LogP contribution in [0.15, 0.2) is 63.7 Å². The lowest BCUT2D eigenvalue weighted by atomic mass is 10.1. The lowest BCUT2D eigenvalue weighted by Gasteiger charge is -2.26. The molecule has 0 radical (unpaired) electrons. The smallest absolute Gasteiger partial charge is 0.271 e. The minimum absolute atomic E-state index is 0.0133. The number of amides is 1. The Bertz CT molecular complexity index is 1450. The van der Waals surface area contributed by atoms with Gasteiger partial charge in [0.1, 0.15) is 4.21 Å². The molecule has 1 aromatic heterocycles. The number of hydrogen-bond donors (Lipinski definition) is 2. The van der Waals surface area contributed by atoms with E-state index >= 15 is 0 Å². The summed E-state index contributed by atoms with van der Waals surface area (Å²) in [5.74, 6) is -0.614. The van der Waals surface area contributed by atoms with Gasteiger partial charge in [0.05, 0.1) is 29.4 Å². The zero-order valence-electron chi connectivity index (χ0n) is 18.5. The van der Waals surface area contributed by atoms with Crippen LogP contribution in [0.2, 0.25) is 5.02 Å². The minimum atomic E-state index is -3.90. The summed E-state index contributed by atoms with van der Waals surface area (Å²) < 4.78 is 60.2. The molecule has 0 atom stereocenters. The molecule has 0 spiro atoms. The van der Waals surface area contributed by atoms with Crippen molar-refractivity contribution in [2.75, 3.05) is 36.3 Å². The third-order valence-electron chi connectivity index (χ3n) is 5.17. The van der Waals surface area contributed by atoms with Crippen LogP contribution in [-0.2, 0) is 24.8 Å². The predicted octanol–water partition coefficient (Wildman–Crippen LogP) is 3.78. The van der Waals surface area contributed by atoms with Crippen LogP contribution in [-0.4, -0.2) is 53.4 Å². The van der Waals surface area contributed by atoms with Gasteiger partial charge in [0, 0.05) is 28.7 Å². The molecule has 3 aromatic rings. The first-order valence-electron chi connectivity index (χ1n) is 10.4. The molecule has 0 saturated carbocycles. The molecule has 0 aliphatic carbocycles. The average molecular weight is 556 g/mol. The molecule has 1 aliphatic rings. The predicted molar refractivity (Wildman–Crippen MR) is 135 cm³/mol. The number of carbonyl (C=O) groups is 1. The molecule has 2 aromatic carbocycles. The van der Waals surface area contributed by atoms with E-state index in [9.17, 15) is 21.6 Å². The molecule has 2 N–H and O–H groups in total. The van der Waals surface area contributed by atoms with Crippen LogP contribution in [0.25, 0.3) is 0 Å². The van der Waals surface area contributed by atoms with Crippen LogP contribution < -0.4 is 10.0 Å². The third kappa shape index (κ3) is 5.85. The first-order valence-corrected chi connectivity index (χ1v) is 14.6. The second-order valence-corrected chi connectivity index (χ2v) is 13.2. The van der Waals surface area contributed by atoms with E-state index in [0.29, 0.717) is 18.9 Å². The van der Waals surface area contributed by atoms with Crippen molar-refractivity contribution < 1.29 is 26.4 Å². The Morgan fingerprint density at radius 2 is 1.69 bits per heavy atom. The van der Waals surface area contributed by atoms with Crippen LogP contribution >= 0.6 is 22.9 Å². The van der Waals surface area contributed by atoms with Gasteiger partial charge in [-0.3, -0.25) is 9.52 Å². The van der Waals surface area contributed by atoms with Crippen LogP contribution in [0.5, 0.6) is 0 Å². The number of anilines is 2. The van der Waals surface area contributed by atoms with Crippen LogP contribution in [0.4, 0.5) is 11.4 Å². The van der Waals surface area contributed by atoms with Gasteiger partial charge >= 0.3 is 0 Å². The Hall–Kier alpha value is -2.48. The second-order valence-electron chi connectivity index (χ2n) is 7.66. The number of nitrogens with one attached hydrogen (secondary N) is 2. The normalized spacial score (nSPS) is 15.0. The quantitative estimate of drug-likeness (QED) is 0.457. The largest absolute Gasteiger partial charge is 0.379 e. The molecule has 186 valence electrons. The van der Waals surface area contributed by atoms with E-state index in [-0.39, 0.29) is 38.5 Å². The van der Waals surface area contributed by atoms with Gasteiger partial charge in [0.25, 0.3) is 15.9 Å². The maximum atomic E-state index is 13.0. The van der Waals surface area contributed by atoms with Gasteiger partial charge in [-0.25, -0.2) is 16.8 Å². The third-order valence-corrected chi connectivity index (χ3v) is 10.2. The maximum absolute atomic E-state index is 13.0. The second kappa shape index (κ2) is 10.2.